The second-order valence-electron chi connectivity index (χ2n) is 4.19. The van der Waals surface area contributed by atoms with Gasteiger partial charge in [0, 0.05) is 21.9 Å². The number of halogens is 1. The summed E-state index contributed by atoms with van der Waals surface area (Å²) in [6, 6.07) is 9.99. The van der Waals surface area contributed by atoms with Crippen LogP contribution in [-0.4, -0.2) is 16.0 Å². The van der Waals surface area contributed by atoms with Crippen LogP contribution in [0.15, 0.2) is 52.3 Å². The lowest BCUT2D eigenvalue weighted by atomic mass is 10.1. The zero-order valence-electron chi connectivity index (χ0n) is 10.7. The van der Waals surface area contributed by atoms with Crippen LogP contribution in [0.3, 0.4) is 0 Å². The Morgan fingerprint density at radius 2 is 1.90 bits per heavy atom. The standard InChI is InChI=1S/C14H10FNO4S/c15-12-7-9(8-14(17)18)1-6-13(12)21-11-4-2-10(3-5-11)16(19)20/h1-7H,8H2,(H,17,18). The number of nitro benzene ring substituents is 1. The van der Waals surface area contributed by atoms with E-state index in [-0.39, 0.29) is 12.1 Å². The van der Waals surface area contributed by atoms with Crippen molar-refractivity contribution < 1.29 is 19.2 Å². The SMILES string of the molecule is O=C(O)Cc1ccc(Sc2ccc([N+](=O)[O-])cc2)c(F)c1. The molecule has 0 radical (unpaired) electrons. The molecule has 1 N–H and O–H groups in total. The van der Waals surface area contributed by atoms with Crippen LogP contribution in [0.2, 0.25) is 0 Å². The molecule has 2 aromatic rings. The van der Waals surface area contributed by atoms with Gasteiger partial charge in [0.25, 0.3) is 5.69 Å². The average Bonchev–Trinajstić information content (AvgIpc) is 2.42. The number of nitrogens with zero attached hydrogens (tertiary/aromatic N) is 1. The van der Waals surface area contributed by atoms with E-state index in [4.69, 9.17) is 5.11 Å². The second kappa shape index (κ2) is 6.36. The first-order chi connectivity index (χ1) is 9.95. The minimum atomic E-state index is -1.02. The summed E-state index contributed by atoms with van der Waals surface area (Å²) in [7, 11) is 0. The van der Waals surface area contributed by atoms with Crippen LogP contribution < -0.4 is 0 Å². The third-order valence-electron chi connectivity index (χ3n) is 2.63. The maximum absolute atomic E-state index is 13.9. The molecule has 0 aliphatic carbocycles. The zero-order valence-corrected chi connectivity index (χ0v) is 11.5. The van der Waals surface area contributed by atoms with Gasteiger partial charge < -0.3 is 5.11 Å². The summed E-state index contributed by atoms with van der Waals surface area (Å²) in [4.78, 5) is 21.6. The lowest BCUT2D eigenvalue weighted by Gasteiger charge is -2.05. The van der Waals surface area contributed by atoms with Crippen molar-refractivity contribution in [3.8, 4) is 0 Å². The number of rotatable bonds is 5. The lowest BCUT2D eigenvalue weighted by molar-refractivity contribution is -0.384. The van der Waals surface area contributed by atoms with Crippen molar-refractivity contribution in [1.82, 2.24) is 0 Å². The van der Waals surface area contributed by atoms with Crippen molar-refractivity contribution >= 4 is 23.4 Å². The number of nitro groups is 1. The van der Waals surface area contributed by atoms with Crippen molar-refractivity contribution in [1.29, 1.82) is 0 Å². The molecule has 21 heavy (non-hydrogen) atoms. The van der Waals surface area contributed by atoms with E-state index in [1.165, 1.54) is 36.4 Å². The molecule has 7 heteroatoms. The Labute approximate surface area is 123 Å². The average molecular weight is 307 g/mol. The molecule has 2 aromatic carbocycles. The molecule has 0 heterocycles. The van der Waals surface area contributed by atoms with Crippen molar-refractivity contribution in [3.05, 3.63) is 64.0 Å². The summed E-state index contributed by atoms with van der Waals surface area (Å²) < 4.78 is 13.9. The van der Waals surface area contributed by atoms with E-state index in [0.717, 1.165) is 11.8 Å². The predicted octanol–water partition coefficient (Wildman–Crippen LogP) is 3.51. The fourth-order valence-corrected chi connectivity index (χ4v) is 2.49. The molecule has 5 nitrogen and oxygen atoms in total. The molecule has 108 valence electrons. The Morgan fingerprint density at radius 3 is 2.43 bits per heavy atom. The molecule has 0 spiro atoms. The van der Waals surface area contributed by atoms with Gasteiger partial charge in [-0.05, 0) is 29.8 Å². The Kier molecular flexibility index (Phi) is 4.54. The third-order valence-corrected chi connectivity index (χ3v) is 3.69. The summed E-state index contributed by atoms with van der Waals surface area (Å²) in [5.41, 5.74) is 0.352. The minimum absolute atomic E-state index is 0.0309. The molecule has 0 unspecified atom stereocenters. The normalized spacial score (nSPS) is 10.3. The fourth-order valence-electron chi connectivity index (χ4n) is 1.67. The highest BCUT2D eigenvalue weighted by atomic mass is 32.2. The zero-order chi connectivity index (χ0) is 15.4. The van der Waals surface area contributed by atoms with Crippen LogP contribution in [0.4, 0.5) is 10.1 Å². The van der Waals surface area contributed by atoms with Crippen molar-refractivity contribution in [2.45, 2.75) is 16.2 Å². The van der Waals surface area contributed by atoms with Crippen LogP contribution in [0.1, 0.15) is 5.56 Å². The van der Waals surface area contributed by atoms with Crippen LogP contribution in [-0.2, 0) is 11.2 Å². The summed E-state index contributed by atoms with van der Waals surface area (Å²) >= 11 is 1.12. The van der Waals surface area contributed by atoms with E-state index in [0.29, 0.717) is 15.4 Å². The summed E-state index contributed by atoms with van der Waals surface area (Å²) in [5, 5.41) is 19.2. The molecule has 0 saturated heterocycles. The van der Waals surface area contributed by atoms with Gasteiger partial charge in [0.15, 0.2) is 0 Å². The van der Waals surface area contributed by atoms with Crippen molar-refractivity contribution in [2.24, 2.45) is 0 Å². The molecule has 0 aliphatic rings. The smallest absolute Gasteiger partial charge is 0.307 e. The summed E-state index contributed by atoms with van der Waals surface area (Å²) in [6.07, 6.45) is -0.237. The number of benzene rings is 2. The largest absolute Gasteiger partial charge is 0.481 e. The molecule has 0 saturated carbocycles. The number of non-ortho nitro benzene ring substituents is 1. The van der Waals surface area contributed by atoms with Gasteiger partial charge in [-0.2, -0.15) is 0 Å². The van der Waals surface area contributed by atoms with E-state index in [1.807, 2.05) is 0 Å². The number of carbonyl (C=O) groups is 1. The first-order valence-corrected chi connectivity index (χ1v) is 6.70. The summed E-state index contributed by atoms with van der Waals surface area (Å²) in [6.45, 7) is 0. The monoisotopic (exact) mass is 307 g/mol. The van der Waals surface area contributed by atoms with E-state index in [9.17, 15) is 19.3 Å². The number of hydrogen-bond donors (Lipinski definition) is 1. The first kappa shape index (κ1) is 15.0. The van der Waals surface area contributed by atoms with Gasteiger partial charge in [-0.3, -0.25) is 14.9 Å². The minimum Gasteiger partial charge on any atom is -0.481 e. The third kappa shape index (κ3) is 4.03. The molecular weight excluding hydrogens is 297 g/mol. The predicted molar refractivity (Wildman–Crippen MR) is 75.0 cm³/mol. The molecule has 0 aromatic heterocycles. The van der Waals surface area contributed by atoms with E-state index in [2.05, 4.69) is 0 Å². The Hall–Kier alpha value is -2.41. The number of hydrogen-bond acceptors (Lipinski definition) is 4. The molecule has 2 rings (SSSR count). The molecule has 0 bridgehead atoms. The molecular formula is C14H10FNO4S. The maximum Gasteiger partial charge on any atom is 0.307 e. The van der Waals surface area contributed by atoms with Crippen LogP contribution in [0.25, 0.3) is 0 Å². The van der Waals surface area contributed by atoms with Crippen molar-refractivity contribution in [3.63, 3.8) is 0 Å². The Bertz CT molecular complexity index is 688. The molecule has 0 aliphatic heterocycles. The maximum atomic E-state index is 13.9. The topological polar surface area (TPSA) is 80.4 Å². The highest BCUT2D eigenvalue weighted by molar-refractivity contribution is 7.99. The Morgan fingerprint density at radius 1 is 1.24 bits per heavy atom. The highest BCUT2D eigenvalue weighted by Gasteiger charge is 2.09. The van der Waals surface area contributed by atoms with E-state index >= 15 is 0 Å². The number of aliphatic carboxylic acids is 1. The van der Waals surface area contributed by atoms with Gasteiger partial charge >= 0.3 is 5.97 Å². The van der Waals surface area contributed by atoms with Gasteiger partial charge in [-0.15, -0.1) is 0 Å². The van der Waals surface area contributed by atoms with Gasteiger partial charge in [0.2, 0.25) is 0 Å². The van der Waals surface area contributed by atoms with E-state index < -0.39 is 16.7 Å². The second-order valence-corrected chi connectivity index (χ2v) is 5.30. The lowest BCUT2D eigenvalue weighted by Crippen LogP contribution is -2.00. The fraction of sp³-hybridized carbons (Fsp3) is 0.0714. The number of carboxylic acid groups (broad SMARTS) is 1. The van der Waals surface area contributed by atoms with Crippen molar-refractivity contribution in [2.75, 3.05) is 0 Å². The first-order valence-electron chi connectivity index (χ1n) is 5.88. The van der Waals surface area contributed by atoms with Crippen LogP contribution >= 0.6 is 11.8 Å². The van der Waals surface area contributed by atoms with Gasteiger partial charge in [0.05, 0.1) is 11.3 Å². The quantitative estimate of drug-likeness (QED) is 0.675. The molecule has 0 amide bonds. The van der Waals surface area contributed by atoms with Gasteiger partial charge in [-0.25, -0.2) is 4.39 Å². The molecule has 0 atom stereocenters. The van der Waals surface area contributed by atoms with E-state index in [1.54, 1.807) is 6.07 Å². The highest BCUT2D eigenvalue weighted by Crippen LogP contribution is 2.31. The summed E-state index contributed by atoms with van der Waals surface area (Å²) in [5.74, 6) is -1.54. The van der Waals surface area contributed by atoms with Gasteiger partial charge in [0.1, 0.15) is 5.82 Å². The van der Waals surface area contributed by atoms with Crippen LogP contribution in [0, 0.1) is 15.9 Å². The van der Waals surface area contributed by atoms with Gasteiger partial charge in [-0.1, -0.05) is 17.8 Å². The Balaban J connectivity index is 2.15. The van der Waals surface area contributed by atoms with Crippen LogP contribution in [0.5, 0.6) is 0 Å². The molecule has 0 fully saturated rings. The number of carboxylic acids is 1.